The molecular weight excluding hydrogens is 334 g/mol. The topological polar surface area (TPSA) is 85.2 Å². The zero-order valence-corrected chi connectivity index (χ0v) is 13.9. The summed E-state index contributed by atoms with van der Waals surface area (Å²) >= 11 is 5.14. The van der Waals surface area contributed by atoms with E-state index in [0.717, 1.165) is 16.7 Å². The minimum Gasteiger partial charge on any atom is -0.478 e. The third-order valence-electron chi connectivity index (χ3n) is 3.78. The van der Waals surface area contributed by atoms with Crippen LogP contribution in [0, 0.1) is 11.3 Å². The molecule has 0 atom stereocenters. The Morgan fingerprint density at radius 3 is 2.40 bits per heavy atom. The number of thiocarbonyl (C=S) groups is 1. The number of allylic oxidation sites excluding steroid dienone is 1. The number of rotatable bonds is 3. The maximum absolute atomic E-state index is 11.0. The fourth-order valence-corrected chi connectivity index (χ4v) is 2.78. The highest BCUT2D eigenvalue weighted by atomic mass is 32.1. The summed E-state index contributed by atoms with van der Waals surface area (Å²) in [6.45, 7) is 3.82. The van der Waals surface area contributed by atoms with Gasteiger partial charge in [0.15, 0.2) is 5.11 Å². The first kappa shape index (κ1) is 16.4. The second-order valence-corrected chi connectivity index (χ2v) is 5.79. The van der Waals surface area contributed by atoms with Gasteiger partial charge in [-0.1, -0.05) is 36.9 Å². The molecule has 5 nitrogen and oxygen atoms in total. The van der Waals surface area contributed by atoms with E-state index in [2.05, 4.69) is 23.3 Å². The standard InChI is InChI=1S/C19H13N3O2S/c1-11-16(10-20)17(22-19(25)21-11)15-4-2-3-14(9-15)12-5-7-13(8-6-12)18(23)24/h2-9H,1H2,(H,23,24)(H2,21,22,25). The van der Waals surface area contributed by atoms with Crippen molar-refractivity contribution in [3.63, 3.8) is 0 Å². The molecule has 1 aliphatic heterocycles. The number of nitrogens with one attached hydrogen (secondary N) is 2. The van der Waals surface area contributed by atoms with Crippen molar-refractivity contribution >= 4 is 29.0 Å². The average Bonchev–Trinajstić information content (AvgIpc) is 2.61. The molecular formula is C19H13N3O2S. The lowest BCUT2D eigenvalue weighted by atomic mass is 9.98. The largest absolute Gasteiger partial charge is 0.478 e. The zero-order chi connectivity index (χ0) is 18.0. The van der Waals surface area contributed by atoms with E-state index in [0.29, 0.717) is 22.1 Å². The van der Waals surface area contributed by atoms with E-state index in [-0.39, 0.29) is 5.56 Å². The predicted molar refractivity (Wildman–Crippen MR) is 99.4 cm³/mol. The molecule has 0 bridgehead atoms. The van der Waals surface area contributed by atoms with Crippen LogP contribution in [0.3, 0.4) is 0 Å². The van der Waals surface area contributed by atoms with Crippen molar-refractivity contribution in [3.8, 4) is 17.2 Å². The fraction of sp³-hybridized carbons (Fsp3) is 0. The summed E-state index contributed by atoms with van der Waals surface area (Å²) in [5.74, 6) is -0.963. The van der Waals surface area contributed by atoms with Crippen LogP contribution in [-0.2, 0) is 0 Å². The van der Waals surface area contributed by atoms with Crippen LogP contribution < -0.4 is 10.6 Å². The number of carboxylic acid groups (broad SMARTS) is 1. The van der Waals surface area contributed by atoms with Crippen molar-refractivity contribution in [2.24, 2.45) is 0 Å². The van der Waals surface area contributed by atoms with Crippen LogP contribution in [0.4, 0.5) is 0 Å². The number of hydrogen-bond donors (Lipinski definition) is 3. The van der Waals surface area contributed by atoms with Crippen molar-refractivity contribution in [1.82, 2.24) is 10.6 Å². The molecule has 3 rings (SSSR count). The Labute approximate surface area is 149 Å². The summed E-state index contributed by atoms with van der Waals surface area (Å²) in [4.78, 5) is 11.0. The van der Waals surface area contributed by atoms with E-state index in [1.165, 1.54) is 0 Å². The molecule has 2 aromatic carbocycles. The van der Waals surface area contributed by atoms with Gasteiger partial charge < -0.3 is 15.7 Å². The molecule has 0 fully saturated rings. The monoisotopic (exact) mass is 347 g/mol. The first-order valence-corrected chi connectivity index (χ1v) is 7.76. The molecule has 25 heavy (non-hydrogen) atoms. The number of aromatic carboxylic acids is 1. The van der Waals surface area contributed by atoms with Gasteiger partial charge in [0.2, 0.25) is 0 Å². The molecule has 0 aromatic heterocycles. The van der Waals surface area contributed by atoms with Gasteiger partial charge >= 0.3 is 5.97 Å². The third-order valence-corrected chi connectivity index (χ3v) is 3.99. The lowest BCUT2D eigenvalue weighted by Gasteiger charge is -2.23. The highest BCUT2D eigenvalue weighted by molar-refractivity contribution is 7.80. The Bertz CT molecular complexity index is 969. The molecule has 0 radical (unpaired) electrons. The summed E-state index contributed by atoms with van der Waals surface area (Å²) in [5.41, 5.74) is 4.25. The average molecular weight is 347 g/mol. The summed E-state index contributed by atoms with van der Waals surface area (Å²) in [5, 5.41) is 24.6. The molecule has 0 unspecified atom stereocenters. The Morgan fingerprint density at radius 2 is 1.76 bits per heavy atom. The van der Waals surface area contributed by atoms with Crippen molar-refractivity contribution < 1.29 is 9.90 Å². The molecule has 0 aliphatic carbocycles. The molecule has 1 aliphatic rings. The van der Waals surface area contributed by atoms with Gasteiger partial charge in [-0.25, -0.2) is 4.79 Å². The number of hydrogen-bond acceptors (Lipinski definition) is 3. The number of nitrogens with zero attached hydrogens (tertiary/aromatic N) is 1. The Hall–Kier alpha value is -3.43. The van der Waals surface area contributed by atoms with Crippen LogP contribution >= 0.6 is 12.2 Å². The third kappa shape index (κ3) is 3.27. The number of carboxylic acids is 1. The lowest BCUT2D eigenvalue weighted by Crippen LogP contribution is -2.39. The number of carbonyl (C=O) groups is 1. The van der Waals surface area contributed by atoms with E-state index in [1.807, 2.05) is 24.3 Å². The summed E-state index contributed by atoms with van der Waals surface area (Å²) < 4.78 is 0. The Balaban J connectivity index is 2.05. The van der Waals surface area contributed by atoms with Crippen LogP contribution in [-0.4, -0.2) is 16.2 Å². The SMILES string of the molecule is C=C1NC(=S)NC(c2cccc(-c3ccc(C(=O)O)cc3)c2)=C1C#N. The maximum Gasteiger partial charge on any atom is 0.335 e. The van der Waals surface area contributed by atoms with E-state index < -0.39 is 5.97 Å². The second kappa shape index (κ2) is 6.59. The Morgan fingerprint density at radius 1 is 1.08 bits per heavy atom. The summed E-state index contributed by atoms with van der Waals surface area (Å²) in [7, 11) is 0. The molecule has 0 saturated heterocycles. The van der Waals surface area contributed by atoms with Gasteiger partial charge in [-0.2, -0.15) is 5.26 Å². The molecule has 0 saturated carbocycles. The zero-order valence-electron chi connectivity index (χ0n) is 13.0. The molecule has 6 heteroatoms. The summed E-state index contributed by atoms with van der Waals surface area (Å²) in [6.07, 6.45) is 0. The smallest absolute Gasteiger partial charge is 0.335 e. The van der Waals surface area contributed by atoms with Crippen molar-refractivity contribution in [1.29, 1.82) is 5.26 Å². The first-order chi connectivity index (χ1) is 12.0. The maximum atomic E-state index is 11.0. The van der Waals surface area contributed by atoms with E-state index in [9.17, 15) is 10.1 Å². The van der Waals surface area contributed by atoms with E-state index in [1.54, 1.807) is 24.3 Å². The van der Waals surface area contributed by atoms with Crippen LogP contribution in [0.25, 0.3) is 16.8 Å². The molecule has 3 N–H and O–H groups in total. The first-order valence-electron chi connectivity index (χ1n) is 7.35. The van der Waals surface area contributed by atoms with Crippen LogP contribution in [0.1, 0.15) is 15.9 Å². The molecule has 1 heterocycles. The van der Waals surface area contributed by atoms with Crippen LogP contribution in [0.5, 0.6) is 0 Å². The number of benzene rings is 2. The quantitative estimate of drug-likeness (QED) is 0.739. The normalized spacial score (nSPS) is 13.7. The van der Waals surface area contributed by atoms with Gasteiger partial charge in [0, 0.05) is 5.56 Å². The highest BCUT2D eigenvalue weighted by Crippen LogP contribution is 2.27. The summed E-state index contributed by atoms with van der Waals surface area (Å²) in [6, 6.07) is 16.3. The second-order valence-electron chi connectivity index (χ2n) is 5.38. The van der Waals surface area contributed by atoms with Gasteiger partial charge in [0.05, 0.1) is 22.5 Å². The van der Waals surface area contributed by atoms with Crippen molar-refractivity contribution in [2.75, 3.05) is 0 Å². The lowest BCUT2D eigenvalue weighted by molar-refractivity contribution is 0.0697. The molecule has 2 aromatic rings. The minimum atomic E-state index is -0.963. The minimum absolute atomic E-state index is 0.232. The van der Waals surface area contributed by atoms with Gasteiger partial charge in [0.25, 0.3) is 0 Å². The van der Waals surface area contributed by atoms with Gasteiger partial charge in [-0.15, -0.1) is 0 Å². The van der Waals surface area contributed by atoms with Crippen molar-refractivity contribution in [3.05, 3.63) is 77.5 Å². The Kier molecular flexibility index (Phi) is 4.33. The van der Waals surface area contributed by atoms with Gasteiger partial charge in [-0.3, -0.25) is 0 Å². The fourth-order valence-electron chi connectivity index (χ4n) is 2.56. The van der Waals surface area contributed by atoms with Crippen LogP contribution in [0.2, 0.25) is 0 Å². The molecule has 0 spiro atoms. The van der Waals surface area contributed by atoms with Gasteiger partial charge in [-0.05, 0) is 41.5 Å². The molecule has 122 valence electrons. The van der Waals surface area contributed by atoms with Crippen molar-refractivity contribution in [2.45, 2.75) is 0 Å². The highest BCUT2D eigenvalue weighted by Gasteiger charge is 2.20. The predicted octanol–water partition coefficient (Wildman–Crippen LogP) is 3.28. The van der Waals surface area contributed by atoms with E-state index >= 15 is 0 Å². The number of nitriles is 1. The van der Waals surface area contributed by atoms with Crippen LogP contribution in [0.15, 0.2) is 66.4 Å². The molecule has 0 amide bonds. The van der Waals surface area contributed by atoms with Gasteiger partial charge in [0.1, 0.15) is 6.07 Å². The van der Waals surface area contributed by atoms with E-state index in [4.69, 9.17) is 17.3 Å².